The minimum Gasteiger partial charge on any atom is -0.496 e. The van der Waals surface area contributed by atoms with E-state index in [1.807, 2.05) is 45.0 Å². The van der Waals surface area contributed by atoms with Crippen LogP contribution in [0.2, 0.25) is 0 Å². The largest absolute Gasteiger partial charge is 0.496 e. The normalized spacial score (nSPS) is 11.1. The Morgan fingerprint density at radius 3 is 1.88 bits per heavy atom. The maximum absolute atomic E-state index is 12.7. The zero-order valence-electron chi connectivity index (χ0n) is 15.7. The van der Waals surface area contributed by atoms with Crippen LogP contribution in [0.1, 0.15) is 31.1 Å². The van der Waals surface area contributed by atoms with E-state index in [2.05, 4.69) is 0 Å². The van der Waals surface area contributed by atoms with Crippen molar-refractivity contribution in [3.05, 3.63) is 48.0 Å². The molecule has 0 aliphatic heterocycles. The van der Waals surface area contributed by atoms with Gasteiger partial charge in [0, 0.05) is 18.9 Å². The second-order valence-electron chi connectivity index (χ2n) is 6.23. The van der Waals surface area contributed by atoms with Gasteiger partial charge >= 0.3 is 0 Å². The molecule has 0 spiro atoms. The maximum atomic E-state index is 12.7. The zero-order valence-corrected chi connectivity index (χ0v) is 16.7. The molecule has 1 unspecified atom stereocenters. The molecule has 1 radical (unpaired) electrons. The minimum absolute atomic E-state index is 0. The molecule has 0 saturated heterocycles. The van der Waals surface area contributed by atoms with E-state index >= 15 is 0 Å². The van der Waals surface area contributed by atoms with Crippen molar-refractivity contribution in [2.45, 2.75) is 26.4 Å². The van der Waals surface area contributed by atoms with Crippen LogP contribution in [-0.2, 0) is 0 Å². The van der Waals surface area contributed by atoms with Crippen molar-refractivity contribution in [2.75, 3.05) is 14.2 Å². The van der Waals surface area contributed by atoms with Gasteiger partial charge in [-0.2, -0.15) is 0 Å². The Labute approximate surface area is 163 Å². The first-order valence-corrected chi connectivity index (χ1v) is 8.65. The molecular formula is C19H23LiO4P. The summed E-state index contributed by atoms with van der Waals surface area (Å²) in [7, 11) is 3.08. The molecule has 129 valence electrons. The Balaban J connectivity index is 0.00000312. The van der Waals surface area contributed by atoms with Gasteiger partial charge in [-0.25, -0.2) is 0 Å². The van der Waals surface area contributed by atoms with Crippen LogP contribution in [-0.4, -0.2) is 44.2 Å². The van der Waals surface area contributed by atoms with E-state index in [0.29, 0.717) is 17.1 Å². The van der Waals surface area contributed by atoms with Gasteiger partial charge < -0.3 is 14.2 Å². The molecular weight excluding hydrogens is 330 g/mol. The first-order valence-electron chi connectivity index (χ1n) is 7.65. The molecule has 25 heavy (non-hydrogen) atoms. The van der Waals surface area contributed by atoms with Gasteiger partial charge in [0.2, 0.25) is 0 Å². The van der Waals surface area contributed by atoms with Crippen molar-refractivity contribution >= 4 is 38.3 Å². The number of hydrogen-bond acceptors (Lipinski definition) is 4. The van der Waals surface area contributed by atoms with Crippen LogP contribution in [0.25, 0.3) is 0 Å². The molecule has 0 N–H and O–H groups in total. The standard InChI is InChI=1S/C19H23O4P.Li/c1-19(2,3)23-13-9-11-14(12-10-13)24-18(20)17-15(21-4)7-6-8-16(17)22-5;/h6-12,24H,1-5H3;. The summed E-state index contributed by atoms with van der Waals surface area (Å²) in [6, 6.07) is 12.9. The molecule has 0 fully saturated rings. The van der Waals surface area contributed by atoms with Crippen molar-refractivity contribution in [2.24, 2.45) is 0 Å². The van der Waals surface area contributed by atoms with Crippen molar-refractivity contribution in [1.29, 1.82) is 0 Å². The summed E-state index contributed by atoms with van der Waals surface area (Å²) in [5.41, 5.74) is 0.217. The van der Waals surface area contributed by atoms with Gasteiger partial charge in [-0.1, -0.05) is 18.2 Å². The summed E-state index contributed by atoms with van der Waals surface area (Å²) < 4.78 is 16.4. The third-order valence-electron chi connectivity index (χ3n) is 3.19. The monoisotopic (exact) mass is 353 g/mol. The fourth-order valence-corrected chi connectivity index (χ4v) is 3.20. The van der Waals surface area contributed by atoms with Gasteiger partial charge in [0.15, 0.2) is 5.52 Å². The molecule has 0 saturated carbocycles. The molecule has 6 heteroatoms. The van der Waals surface area contributed by atoms with Crippen molar-refractivity contribution in [3.8, 4) is 17.2 Å². The van der Waals surface area contributed by atoms with Gasteiger partial charge in [-0.3, -0.25) is 4.79 Å². The van der Waals surface area contributed by atoms with Crippen LogP contribution in [0.3, 0.4) is 0 Å². The van der Waals surface area contributed by atoms with Gasteiger partial charge in [0.1, 0.15) is 28.4 Å². The van der Waals surface area contributed by atoms with E-state index < -0.39 is 0 Å². The van der Waals surface area contributed by atoms with E-state index in [0.717, 1.165) is 11.1 Å². The molecule has 2 aromatic rings. The van der Waals surface area contributed by atoms with E-state index in [1.54, 1.807) is 32.4 Å². The summed E-state index contributed by atoms with van der Waals surface area (Å²) in [5, 5.41) is 0.939. The number of rotatable bonds is 6. The van der Waals surface area contributed by atoms with Crippen LogP contribution in [0.15, 0.2) is 42.5 Å². The third-order valence-corrected chi connectivity index (χ3v) is 4.29. The summed E-state index contributed by atoms with van der Waals surface area (Å²) in [4.78, 5) is 12.7. The van der Waals surface area contributed by atoms with E-state index in [1.165, 1.54) is 0 Å². The van der Waals surface area contributed by atoms with E-state index in [-0.39, 0.29) is 38.6 Å². The Morgan fingerprint density at radius 1 is 0.920 bits per heavy atom. The summed E-state index contributed by atoms with van der Waals surface area (Å²) >= 11 is 0. The second kappa shape index (κ2) is 9.29. The topological polar surface area (TPSA) is 44.8 Å². The molecule has 0 aliphatic rings. The van der Waals surface area contributed by atoms with Crippen LogP contribution >= 0.6 is 8.58 Å². The number of hydrogen-bond donors (Lipinski definition) is 0. The molecule has 0 bridgehead atoms. The van der Waals surface area contributed by atoms with E-state index in [9.17, 15) is 4.79 Å². The molecule has 0 amide bonds. The van der Waals surface area contributed by atoms with Crippen LogP contribution < -0.4 is 19.5 Å². The number of ether oxygens (including phenoxy) is 3. The third kappa shape index (κ3) is 6.08. The van der Waals surface area contributed by atoms with Crippen LogP contribution in [0, 0.1) is 0 Å². The molecule has 1 atom stereocenters. The molecule has 2 aromatic carbocycles. The van der Waals surface area contributed by atoms with Crippen molar-refractivity contribution < 1.29 is 19.0 Å². The number of carbonyl (C=O) groups excluding carboxylic acids is 1. The first kappa shape index (κ1) is 21.6. The summed E-state index contributed by atoms with van der Waals surface area (Å²) in [6.45, 7) is 6.00. The molecule has 0 aliphatic carbocycles. The fourth-order valence-electron chi connectivity index (χ4n) is 2.23. The van der Waals surface area contributed by atoms with E-state index in [4.69, 9.17) is 14.2 Å². The van der Waals surface area contributed by atoms with Crippen molar-refractivity contribution in [3.63, 3.8) is 0 Å². The smallest absolute Gasteiger partial charge is 0.193 e. The van der Waals surface area contributed by atoms with Gasteiger partial charge in [-0.05, 0) is 58.9 Å². The fraction of sp³-hybridized carbons (Fsp3) is 0.316. The average Bonchev–Trinajstić information content (AvgIpc) is 2.54. The maximum Gasteiger partial charge on any atom is 0.193 e. The summed E-state index contributed by atoms with van der Waals surface area (Å²) in [6.07, 6.45) is 0. The molecule has 4 nitrogen and oxygen atoms in total. The molecule has 0 heterocycles. The second-order valence-corrected chi connectivity index (χ2v) is 7.51. The van der Waals surface area contributed by atoms with Gasteiger partial charge in [0.25, 0.3) is 0 Å². The van der Waals surface area contributed by atoms with Crippen molar-refractivity contribution in [1.82, 2.24) is 0 Å². The quantitative estimate of drug-likeness (QED) is 0.587. The van der Waals surface area contributed by atoms with Gasteiger partial charge in [-0.15, -0.1) is 0 Å². The Kier molecular flexibility index (Phi) is 8.02. The van der Waals surface area contributed by atoms with Crippen LogP contribution in [0.4, 0.5) is 0 Å². The predicted molar refractivity (Wildman–Crippen MR) is 104 cm³/mol. The van der Waals surface area contributed by atoms with Crippen LogP contribution in [0.5, 0.6) is 17.2 Å². The SMILES string of the molecule is COc1cccc(OC)c1C(=O)Pc1ccc(OC(C)(C)C)cc1.[Li]. The Morgan fingerprint density at radius 2 is 1.44 bits per heavy atom. The molecule has 2 rings (SSSR count). The molecule has 0 aromatic heterocycles. The number of benzene rings is 2. The minimum atomic E-state index is -0.246. The zero-order chi connectivity index (χ0) is 17.7. The van der Waals surface area contributed by atoms with Gasteiger partial charge in [0.05, 0.1) is 14.2 Å². The predicted octanol–water partition coefficient (Wildman–Crippen LogP) is 3.64. The first-order chi connectivity index (χ1) is 11.3. The Hall–Kier alpha value is -1.46. The average molecular weight is 353 g/mol. The number of carbonyl (C=O) groups is 1. The number of methoxy groups -OCH3 is 2. The summed E-state index contributed by atoms with van der Waals surface area (Å²) in [5.74, 6) is 1.84. The Bertz CT molecular complexity index is 686.